The van der Waals surface area contributed by atoms with Crippen LogP contribution in [0.5, 0.6) is 0 Å². The van der Waals surface area contributed by atoms with Gasteiger partial charge in [0.1, 0.15) is 5.65 Å². The van der Waals surface area contributed by atoms with Gasteiger partial charge < -0.3 is 5.32 Å². The molecule has 28 heavy (non-hydrogen) atoms. The predicted octanol–water partition coefficient (Wildman–Crippen LogP) is 3.20. The quantitative estimate of drug-likeness (QED) is 0.735. The molecule has 7 heteroatoms. The summed E-state index contributed by atoms with van der Waals surface area (Å²) in [6, 6.07) is 14.5. The van der Waals surface area contributed by atoms with Crippen LogP contribution in [0, 0.1) is 5.92 Å². The van der Waals surface area contributed by atoms with Gasteiger partial charge >= 0.3 is 0 Å². The summed E-state index contributed by atoms with van der Waals surface area (Å²) < 4.78 is 1.44. The Bertz CT molecular complexity index is 1050. The molecule has 0 unspecified atom stereocenters. The molecule has 1 aromatic carbocycles. The number of hydrogen-bond acceptors (Lipinski definition) is 4. The number of nitrogens with one attached hydrogen (secondary N) is 1. The van der Waals surface area contributed by atoms with Gasteiger partial charge in [-0.2, -0.15) is 0 Å². The normalized spacial score (nSPS) is 17.5. The van der Waals surface area contributed by atoms with Gasteiger partial charge in [-0.1, -0.05) is 29.8 Å². The molecule has 0 bridgehead atoms. The van der Waals surface area contributed by atoms with Gasteiger partial charge in [-0.25, -0.2) is 4.98 Å². The maximum atomic E-state index is 12.6. The Balaban J connectivity index is 1.45. The first-order valence-corrected chi connectivity index (χ1v) is 9.72. The van der Waals surface area contributed by atoms with Gasteiger partial charge in [0.05, 0.1) is 16.6 Å². The average Bonchev–Trinajstić information content (AvgIpc) is 2.70. The summed E-state index contributed by atoms with van der Waals surface area (Å²) in [4.78, 5) is 31.7. The third kappa shape index (κ3) is 4.24. The highest BCUT2D eigenvalue weighted by Gasteiger charge is 2.26. The van der Waals surface area contributed by atoms with Crippen LogP contribution in [-0.4, -0.2) is 33.3 Å². The number of fused-ring (bicyclic) bond motifs is 1. The van der Waals surface area contributed by atoms with Crippen LogP contribution in [0.3, 0.4) is 0 Å². The van der Waals surface area contributed by atoms with E-state index in [1.54, 1.807) is 18.3 Å². The number of carbonyl (C=O) groups is 1. The van der Waals surface area contributed by atoms with Crippen molar-refractivity contribution in [3.05, 3.63) is 75.8 Å². The third-order valence-corrected chi connectivity index (χ3v) is 5.20. The van der Waals surface area contributed by atoms with Crippen molar-refractivity contribution in [1.82, 2.24) is 14.3 Å². The predicted molar refractivity (Wildman–Crippen MR) is 110 cm³/mol. The number of amides is 1. The largest absolute Gasteiger partial charge is 0.326 e. The van der Waals surface area contributed by atoms with E-state index in [-0.39, 0.29) is 17.4 Å². The van der Waals surface area contributed by atoms with Crippen LogP contribution < -0.4 is 10.9 Å². The maximum absolute atomic E-state index is 12.6. The Hall–Kier alpha value is -2.70. The lowest BCUT2D eigenvalue weighted by atomic mass is 9.97. The molecule has 1 aliphatic heterocycles. The molecule has 3 heterocycles. The third-order valence-electron chi connectivity index (χ3n) is 4.98. The zero-order valence-corrected chi connectivity index (χ0v) is 16.1. The molecule has 1 atom stereocenters. The molecule has 1 amide bonds. The molecule has 1 aliphatic rings. The van der Waals surface area contributed by atoms with Crippen molar-refractivity contribution >= 4 is 28.8 Å². The number of carbonyl (C=O) groups excluding carboxylic acids is 1. The highest BCUT2D eigenvalue weighted by molar-refractivity contribution is 6.30. The number of para-hydroxylation sites is 1. The molecular formula is C21H21ClN4O2. The molecule has 4 rings (SSSR count). The second-order valence-electron chi connectivity index (χ2n) is 7.09. The number of pyridine rings is 1. The van der Waals surface area contributed by atoms with Crippen LogP contribution in [0.25, 0.3) is 5.65 Å². The van der Waals surface area contributed by atoms with Gasteiger partial charge in [0.15, 0.2) is 0 Å². The van der Waals surface area contributed by atoms with Gasteiger partial charge in [0.2, 0.25) is 5.91 Å². The average molecular weight is 397 g/mol. The maximum Gasteiger partial charge on any atom is 0.258 e. The van der Waals surface area contributed by atoms with Crippen molar-refractivity contribution in [2.24, 2.45) is 5.92 Å². The van der Waals surface area contributed by atoms with Crippen molar-refractivity contribution in [2.45, 2.75) is 19.4 Å². The van der Waals surface area contributed by atoms with E-state index in [9.17, 15) is 9.59 Å². The Morgan fingerprint density at radius 1 is 1.21 bits per heavy atom. The first-order chi connectivity index (χ1) is 13.6. The van der Waals surface area contributed by atoms with Crippen molar-refractivity contribution in [2.75, 3.05) is 18.4 Å². The first-order valence-electron chi connectivity index (χ1n) is 9.34. The Morgan fingerprint density at radius 3 is 2.86 bits per heavy atom. The number of benzene rings is 1. The molecule has 3 aromatic rings. The van der Waals surface area contributed by atoms with E-state index in [4.69, 9.17) is 11.6 Å². The molecule has 0 saturated carbocycles. The first kappa shape index (κ1) is 18.7. The molecule has 1 N–H and O–H groups in total. The van der Waals surface area contributed by atoms with E-state index in [1.807, 2.05) is 30.3 Å². The fourth-order valence-corrected chi connectivity index (χ4v) is 3.78. The summed E-state index contributed by atoms with van der Waals surface area (Å²) in [6.07, 6.45) is 3.37. The van der Waals surface area contributed by atoms with E-state index in [0.29, 0.717) is 29.5 Å². The Kier molecular flexibility index (Phi) is 5.41. The van der Waals surface area contributed by atoms with Gasteiger partial charge in [0.25, 0.3) is 5.56 Å². The monoisotopic (exact) mass is 396 g/mol. The summed E-state index contributed by atoms with van der Waals surface area (Å²) >= 11 is 5.96. The van der Waals surface area contributed by atoms with E-state index in [1.165, 1.54) is 10.5 Å². The van der Waals surface area contributed by atoms with Gasteiger partial charge in [-0.15, -0.1) is 0 Å². The molecule has 2 aromatic heterocycles. The van der Waals surface area contributed by atoms with Gasteiger partial charge in [0, 0.05) is 31.0 Å². The minimum absolute atomic E-state index is 0.0390. The van der Waals surface area contributed by atoms with Crippen LogP contribution in [0.2, 0.25) is 5.02 Å². The fourth-order valence-electron chi connectivity index (χ4n) is 3.62. The molecule has 0 radical (unpaired) electrons. The standard InChI is InChI=1S/C21H21ClN4O2/c22-16-8-9-19-23-18(11-20(27)26(19)13-16)14-25-10-4-5-15(12-25)21(28)24-17-6-2-1-3-7-17/h1-3,6-9,11,13,15H,4-5,10,12,14H2,(H,24,28)/t15-/m0/s1. The van der Waals surface area contributed by atoms with Crippen molar-refractivity contribution in [3.63, 3.8) is 0 Å². The van der Waals surface area contributed by atoms with Crippen molar-refractivity contribution in [1.29, 1.82) is 0 Å². The number of likely N-dealkylation sites (tertiary alicyclic amines) is 1. The Morgan fingerprint density at radius 2 is 2.04 bits per heavy atom. The van der Waals surface area contributed by atoms with Crippen LogP contribution in [0.1, 0.15) is 18.5 Å². The second-order valence-corrected chi connectivity index (χ2v) is 7.53. The summed E-state index contributed by atoms with van der Waals surface area (Å²) in [7, 11) is 0. The molecule has 6 nitrogen and oxygen atoms in total. The number of aromatic nitrogens is 2. The summed E-state index contributed by atoms with van der Waals surface area (Å²) in [5.74, 6) is -0.0357. The van der Waals surface area contributed by atoms with Crippen LogP contribution in [-0.2, 0) is 11.3 Å². The molecular weight excluding hydrogens is 376 g/mol. The minimum atomic E-state index is -0.155. The lowest BCUT2D eigenvalue weighted by Gasteiger charge is -2.31. The molecule has 144 valence electrons. The summed E-state index contributed by atoms with van der Waals surface area (Å²) in [5, 5.41) is 3.48. The van der Waals surface area contributed by atoms with Crippen molar-refractivity contribution < 1.29 is 4.79 Å². The van der Waals surface area contributed by atoms with E-state index in [2.05, 4.69) is 15.2 Å². The fraction of sp³-hybridized carbons (Fsp3) is 0.286. The molecule has 0 aliphatic carbocycles. The molecule has 1 fully saturated rings. The number of anilines is 1. The number of nitrogens with zero attached hydrogens (tertiary/aromatic N) is 3. The minimum Gasteiger partial charge on any atom is -0.326 e. The summed E-state index contributed by atoms with van der Waals surface area (Å²) in [6.45, 7) is 2.08. The van der Waals surface area contributed by atoms with Crippen molar-refractivity contribution in [3.8, 4) is 0 Å². The molecule has 1 saturated heterocycles. The molecule has 0 spiro atoms. The number of hydrogen-bond donors (Lipinski definition) is 1. The number of piperidine rings is 1. The lowest BCUT2D eigenvalue weighted by Crippen LogP contribution is -2.40. The number of halogens is 1. The van der Waals surface area contributed by atoms with Crippen LogP contribution in [0.4, 0.5) is 5.69 Å². The highest BCUT2D eigenvalue weighted by atomic mass is 35.5. The van der Waals surface area contributed by atoms with Crippen LogP contribution >= 0.6 is 11.6 Å². The zero-order chi connectivity index (χ0) is 19.5. The van der Waals surface area contributed by atoms with E-state index < -0.39 is 0 Å². The Labute approximate surface area is 167 Å². The van der Waals surface area contributed by atoms with E-state index in [0.717, 1.165) is 25.1 Å². The second kappa shape index (κ2) is 8.12. The van der Waals surface area contributed by atoms with Gasteiger partial charge in [-0.05, 0) is 43.7 Å². The topological polar surface area (TPSA) is 66.7 Å². The van der Waals surface area contributed by atoms with Gasteiger partial charge in [-0.3, -0.25) is 18.9 Å². The summed E-state index contributed by atoms with van der Waals surface area (Å²) in [5.41, 5.74) is 1.93. The van der Waals surface area contributed by atoms with Crippen LogP contribution in [0.15, 0.2) is 59.5 Å². The SMILES string of the molecule is O=C(Nc1ccccc1)[C@H]1CCCN(Cc2cc(=O)n3cc(Cl)ccc3n2)C1. The smallest absolute Gasteiger partial charge is 0.258 e. The zero-order valence-electron chi connectivity index (χ0n) is 15.3. The highest BCUT2D eigenvalue weighted by Crippen LogP contribution is 2.20. The lowest BCUT2D eigenvalue weighted by molar-refractivity contribution is -0.121. The van der Waals surface area contributed by atoms with E-state index >= 15 is 0 Å². The number of rotatable bonds is 4.